The molecule has 1 aromatic heterocycles. The van der Waals surface area contributed by atoms with E-state index in [-0.39, 0.29) is 12.1 Å². The normalized spacial score (nSPS) is 17.5. The average molecular weight is 292 g/mol. The van der Waals surface area contributed by atoms with Crippen LogP contribution in [-0.2, 0) is 4.74 Å². The second-order valence-electron chi connectivity index (χ2n) is 5.60. The zero-order valence-electron chi connectivity index (χ0n) is 13.5. The summed E-state index contributed by atoms with van der Waals surface area (Å²) in [6.45, 7) is 8.71. The first-order valence-electron chi connectivity index (χ1n) is 8.22. The summed E-state index contributed by atoms with van der Waals surface area (Å²) in [5.41, 5.74) is 1.16. The summed E-state index contributed by atoms with van der Waals surface area (Å²) in [6.07, 6.45) is 7.50. The quantitative estimate of drug-likeness (QED) is 0.718. The minimum atomic E-state index is 0.195. The molecule has 1 saturated carbocycles. The Bertz CT molecular complexity index is 421. The Labute approximate surface area is 128 Å². The molecule has 2 rings (SSSR count). The molecule has 0 aromatic carbocycles. The predicted molar refractivity (Wildman–Crippen MR) is 84.6 cm³/mol. The largest absolute Gasteiger partial charge is 0.492 e. The molecule has 118 valence electrons. The fourth-order valence-electron chi connectivity index (χ4n) is 2.67. The molecule has 2 atom stereocenters. The van der Waals surface area contributed by atoms with Crippen LogP contribution in [0.25, 0.3) is 0 Å². The lowest BCUT2D eigenvalue weighted by Gasteiger charge is -2.28. The number of ether oxygens (including phenoxy) is 2. The number of likely N-dealkylation sites (N-methyl/N-ethyl adjacent to an activating group) is 1. The molecular weight excluding hydrogens is 264 g/mol. The van der Waals surface area contributed by atoms with Crippen molar-refractivity contribution in [1.29, 1.82) is 0 Å². The molecule has 1 heterocycles. The van der Waals surface area contributed by atoms with Crippen molar-refractivity contribution in [2.45, 2.75) is 52.2 Å². The molecule has 1 aliphatic rings. The van der Waals surface area contributed by atoms with Crippen molar-refractivity contribution in [2.24, 2.45) is 5.92 Å². The van der Waals surface area contributed by atoms with Crippen molar-refractivity contribution in [1.82, 2.24) is 10.3 Å². The Balaban J connectivity index is 2.15. The number of pyridine rings is 1. The van der Waals surface area contributed by atoms with E-state index in [9.17, 15) is 0 Å². The zero-order valence-corrected chi connectivity index (χ0v) is 13.5. The lowest BCUT2D eigenvalue weighted by Crippen LogP contribution is -2.35. The minimum absolute atomic E-state index is 0.195. The third-order valence-corrected chi connectivity index (χ3v) is 3.76. The molecule has 1 N–H and O–H groups in total. The molecule has 4 heteroatoms. The van der Waals surface area contributed by atoms with Crippen LogP contribution in [0, 0.1) is 5.92 Å². The van der Waals surface area contributed by atoms with E-state index in [0.29, 0.717) is 5.92 Å². The topological polar surface area (TPSA) is 43.4 Å². The maximum Gasteiger partial charge on any atom is 0.137 e. The smallest absolute Gasteiger partial charge is 0.137 e. The van der Waals surface area contributed by atoms with Crippen molar-refractivity contribution in [3.8, 4) is 5.75 Å². The molecule has 0 amide bonds. The predicted octanol–water partition coefficient (Wildman–Crippen LogP) is 3.34. The first-order chi connectivity index (χ1) is 10.3. The Morgan fingerprint density at radius 3 is 2.71 bits per heavy atom. The van der Waals surface area contributed by atoms with Gasteiger partial charge in [-0.15, -0.1) is 0 Å². The molecule has 2 unspecified atom stereocenters. The third-order valence-electron chi connectivity index (χ3n) is 3.76. The van der Waals surface area contributed by atoms with Crippen molar-refractivity contribution < 1.29 is 9.47 Å². The SMILES string of the molecule is CCCOc1cncc(C(NCC)C(OCC)C2CC2)c1. The first kappa shape index (κ1) is 16.2. The highest BCUT2D eigenvalue weighted by Gasteiger charge is 2.37. The summed E-state index contributed by atoms with van der Waals surface area (Å²) in [7, 11) is 0. The molecule has 1 fully saturated rings. The lowest BCUT2D eigenvalue weighted by molar-refractivity contribution is 0.0188. The number of nitrogens with zero attached hydrogens (tertiary/aromatic N) is 1. The van der Waals surface area contributed by atoms with Crippen LogP contribution in [0.5, 0.6) is 5.75 Å². The van der Waals surface area contributed by atoms with Gasteiger partial charge < -0.3 is 14.8 Å². The molecule has 21 heavy (non-hydrogen) atoms. The van der Waals surface area contributed by atoms with Crippen molar-refractivity contribution >= 4 is 0 Å². The number of rotatable bonds is 10. The van der Waals surface area contributed by atoms with Gasteiger partial charge in [0.15, 0.2) is 0 Å². The van der Waals surface area contributed by atoms with Crippen molar-refractivity contribution in [2.75, 3.05) is 19.8 Å². The third kappa shape index (κ3) is 4.68. The molecule has 0 saturated heterocycles. The Morgan fingerprint density at radius 2 is 2.10 bits per heavy atom. The van der Waals surface area contributed by atoms with E-state index >= 15 is 0 Å². The van der Waals surface area contributed by atoms with Gasteiger partial charge in [0.1, 0.15) is 5.75 Å². The summed E-state index contributed by atoms with van der Waals surface area (Å²) < 4.78 is 11.7. The fourth-order valence-corrected chi connectivity index (χ4v) is 2.67. The second-order valence-corrected chi connectivity index (χ2v) is 5.60. The van der Waals surface area contributed by atoms with E-state index in [1.54, 1.807) is 6.20 Å². The van der Waals surface area contributed by atoms with Gasteiger partial charge in [0, 0.05) is 12.8 Å². The summed E-state index contributed by atoms with van der Waals surface area (Å²) in [5, 5.41) is 3.57. The fraction of sp³-hybridized carbons (Fsp3) is 0.706. The molecule has 0 radical (unpaired) electrons. The maximum absolute atomic E-state index is 6.02. The molecule has 1 aliphatic carbocycles. The van der Waals surface area contributed by atoms with Gasteiger partial charge in [0.2, 0.25) is 0 Å². The molecule has 0 aliphatic heterocycles. The second kappa shape index (κ2) is 8.35. The van der Waals surface area contributed by atoms with Gasteiger partial charge in [-0.3, -0.25) is 4.98 Å². The lowest BCUT2D eigenvalue weighted by atomic mass is 9.99. The summed E-state index contributed by atoms with van der Waals surface area (Å²) in [6, 6.07) is 2.30. The molecule has 0 bridgehead atoms. The van der Waals surface area contributed by atoms with Crippen LogP contribution in [0.2, 0.25) is 0 Å². The van der Waals surface area contributed by atoms with Gasteiger partial charge in [0.25, 0.3) is 0 Å². The molecule has 4 nitrogen and oxygen atoms in total. The van der Waals surface area contributed by atoms with Crippen LogP contribution in [-0.4, -0.2) is 30.8 Å². The molecule has 0 spiro atoms. The zero-order chi connectivity index (χ0) is 15.1. The summed E-state index contributed by atoms with van der Waals surface area (Å²) in [4.78, 5) is 4.34. The highest BCUT2D eigenvalue weighted by atomic mass is 16.5. The van der Waals surface area contributed by atoms with Crippen LogP contribution in [0.15, 0.2) is 18.5 Å². The standard InChI is InChI=1S/C17H28N2O2/c1-4-9-21-15-10-14(11-18-12-15)16(19-5-2)17(20-6-3)13-7-8-13/h10-13,16-17,19H,4-9H2,1-3H3. The number of hydrogen-bond donors (Lipinski definition) is 1. The first-order valence-corrected chi connectivity index (χ1v) is 8.22. The van der Waals surface area contributed by atoms with E-state index in [4.69, 9.17) is 9.47 Å². The van der Waals surface area contributed by atoms with Gasteiger partial charge in [0.05, 0.1) is 24.9 Å². The highest BCUT2D eigenvalue weighted by molar-refractivity contribution is 5.27. The highest BCUT2D eigenvalue weighted by Crippen LogP contribution is 2.40. The van der Waals surface area contributed by atoms with Crippen molar-refractivity contribution in [3.63, 3.8) is 0 Å². The summed E-state index contributed by atoms with van der Waals surface area (Å²) in [5.74, 6) is 1.53. The van der Waals surface area contributed by atoms with Gasteiger partial charge >= 0.3 is 0 Å². The summed E-state index contributed by atoms with van der Waals surface area (Å²) >= 11 is 0. The number of aromatic nitrogens is 1. The van der Waals surface area contributed by atoms with E-state index in [1.807, 2.05) is 6.20 Å². The van der Waals surface area contributed by atoms with Gasteiger partial charge in [-0.25, -0.2) is 0 Å². The van der Waals surface area contributed by atoms with Crippen molar-refractivity contribution in [3.05, 3.63) is 24.0 Å². The van der Waals surface area contributed by atoms with Crippen LogP contribution in [0.1, 0.15) is 51.6 Å². The Hall–Kier alpha value is -1.13. The molecular formula is C17H28N2O2. The maximum atomic E-state index is 6.02. The van der Waals surface area contributed by atoms with Crippen LogP contribution < -0.4 is 10.1 Å². The van der Waals surface area contributed by atoms with Gasteiger partial charge in [-0.05, 0) is 50.3 Å². The Morgan fingerprint density at radius 1 is 1.29 bits per heavy atom. The van der Waals surface area contributed by atoms with E-state index in [1.165, 1.54) is 12.8 Å². The average Bonchev–Trinajstić information content (AvgIpc) is 3.34. The monoisotopic (exact) mass is 292 g/mol. The number of hydrogen-bond acceptors (Lipinski definition) is 4. The Kier molecular flexibility index (Phi) is 6.46. The minimum Gasteiger partial charge on any atom is -0.492 e. The van der Waals surface area contributed by atoms with Gasteiger partial charge in [-0.1, -0.05) is 13.8 Å². The van der Waals surface area contributed by atoms with Crippen LogP contribution in [0.3, 0.4) is 0 Å². The van der Waals surface area contributed by atoms with Crippen LogP contribution >= 0.6 is 0 Å². The van der Waals surface area contributed by atoms with Gasteiger partial charge in [-0.2, -0.15) is 0 Å². The number of nitrogens with one attached hydrogen (secondary N) is 1. The van der Waals surface area contributed by atoms with E-state index in [0.717, 1.165) is 37.5 Å². The van der Waals surface area contributed by atoms with Crippen LogP contribution in [0.4, 0.5) is 0 Å². The van der Waals surface area contributed by atoms with E-state index in [2.05, 4.69) is 37.1 Å². The van der Waals surface area contributed by atoms with E-state index < -0.39 is 0 Å². The molecule has 1 aromatic rings.